The third-order valence-corrected chi connectivity index (χ3v) is 20.1. The number of ether oxygens (including phenoxy) is 1. The van der Waals surface area contributed by atoms with Gasteiger partial charge in [-0.2, -0.15) is 26.3 Å². The van der Waals surface area contributed by atoms with Crippen LogP contribution in [-0.4, -0.2) is 93.7 Å². The van der Waals surface area contributed by atoms with Gasteiger partial charge in [0.1, 0.15) is 23.7 Å². The number of halogens is 8. The van der Waals surface area contributed by atoms with Crippen molar-refractivity contribution >= 4 is 23.8 Å². The number of pyridine rings is 2. The molecule has 3 N–H and O–H groups in total. The molecule has 4 fully saturated rings. The molecule has 22 heteroatoms. The zero-order valence-electron chi connectivity index (χ0n) is 59.5. The maximum atomic E-state index is 16.1. The Balaban J connectivity index is 0.000000233. The highest BCUT2D eigenvalue weighted by atomic mass is 19.4. The van der Waals surface area contributed by atoms with E-state index in [-0.39, 0.29) is 71.9 Å². The van der Waals surface area contributed by atoms with Gasteiger partial charge >= 0.3 is 24.3 Å². The third-order valence-electron chi connectivity index (χ3n) is 20.1. The molecule has 2 amide bonds. The number of carbonyl (C=O) groups excluding carboxylic acids is 3. The summed E-state index contributed by atoms with van der Waals surface area (Å²) >= 11 is 0. The van der Waals surface area contributed by atoms with Gasteiger partial charge in [-0.3, -0.25) is 28.8 Å². The van der Waals surface area contributed by atoms with Crippen molar-refractivity contribution < 1.29 is 64.1 Å². The minimum Gasteiger partial charge on any atom is -0.481 e. The maximum absolute atomic E-state index is 16.1. The number of carboxylic acid groups (broad SMARTS) is 1. The smallest absolute Gasteiger partial charge is 0.416 e. The summed E-state index contributed by atoms with van der Waals surface area (Å²) < 4.78 is 124. The van der Waals surface area contributed by atoms with Gasteiger partial charge in [0.05, 0.1) is 42.7 Å². The molecule has 540 valence electrons. The number of aliphatic carboxylic acids is 1. The summed E-state index contributed by atoms with van der Waals surface area (Å²) in [6, 6.07) is 10.7. The number of hydrogen-bond donors (Lipinski definition) is 3. The first kappa shape index (κ1) is 76.2. The van der Waals surface area contributed by atoms with E-state index in [9.17, 15) is 60.2 Å². The summed E-state index contributed by atoms with van der Waals surface area (Å²) in [5, 5.41) is 15.3. The van der Waals surface area contributed by atoms with E-state index in [4.69, 9.17) is 4.74 Å². The second kappa shape index (κ2) is 30.3. The second-order valence-corrected chi connectivity index (χ2v) is 29.8. The van der Waals surface area contributed by atoms with Gasteiger partial charge in [-0.15, -0.1) is 0 Å². The number of carboxylic acids is 1. The Bertz CT molecular complexity index is 4160. The fraction of sp³-hybridized carbons (Fsp3) is 0.513. The molecule has 4 aromatic carbocycles. The molecule has 6 aromatic rings. The zero-order valence-corrected chi connectivity index (χ0v) is 59.5. The number of carbonyl (C=O) groups is 4. The van der Waals surface area contributed by atoms with Gasteiger partial charge in [0.25, 0.3) is 11.1 Å². The predicted molar refractivity (Wildman–Crippen MR) is 369 cm³/mol. The molecular weight excluding hydrogens is 1300 g/mol. The highest BCUT2D eigenvalue weighted by molar-refractivity contribution is 5.83. The Morgan fingerprint density at radius 3 is 1.19 bits per heavy atom. The van der Waals surface area contributed by atoms with E-state index < -0.39 is 107 Å². The lowest BCUT2D eigenvalue weighted by molar-refractivity contribution is -0.144. The topological polar surface area (TPSA) is 172 Å². The Hall–Kier alpha value is -7.98. The summed E-state index contributed by atoms with van der Waals surface area (Å²) in [6.07, 6.45) is -3.44. The van der Waals surface area contributed by atoms with Crippen molar-refractivity contribution in [2.75, 3.05) is 45.9 Å². The van der Waals surface area contributed by atoms with Crippen LogP contribution in [0.5, 0.6) is 0 Å². The highest BCUT2D eigenvalue weighted by Gasteiger charge is 2.53. The molecule has 2 aliphatic heterocycles. The summed E-state index contributed by atoms with van der Waals surface area (Å²) in [5.41, 5.74) is 6.21. The Morgan fingerprint density at radius 1 is 0.530 bits per heavy atom. The Morgan fingerprint density at radius 2 is 0.880 bits per heavy atom. The normalized spacial score (nSPS) is 16.7. The van der Waals surface area contributed by atoms with E-state index >= 15 is 8.78 Å². The van der Waals surface area contributed by atoms with E-state index in [1.54, 1.807) is 58.9 Å². The van der Waals surface area contributed by atoms with E-state index in [1.807, 2.05) is 79.7 Å². The van der Waals surface area contributed by atoms with E-state index in [1.165, 1.54) is 6.20 Å². The summed E-state index contributed by atoms with van der Waals surface area (Å²) in [6.45, 7) is 28.1. The van der Waals surface area contributed by atoms with E-state index in [2.05, 4.69) is 20.4 Å². The summed E-state index contributed by atoms with van der Waals surface area (Å²) in [4.78, 5) is 84.2. The number of nitrogens with zero attached hydrogens (tertiary/aromatic N) is 4. The van der Waals surface area contributed by atoms with Crippen LogP contribution in [0.3, 0.4) is 0 Å². The summed E-state index contributed by atoms with van der Waals surface area (Å²) in [7, 11) is 0. The number of esters is 1. The van der Waals surface area contributed by atoms with Crippen molar-refractivity contribution in [3.8, 4) is 22.3 Å². The quantitative estimate of drug-likeness (QED) is 0.0370. The zero-order chi connectivity index (χ0) is 73.4. The first-order valence-corrected chi connectivity index (χ1v) is 34.6. The molecule has 4 aliphatic rings. The molecule has 2 unspecified atom stereocenters. The third kappa shape index (κ3) is 18.0. The number of nitrogens with one attached hydrogen (secondary N) is 2. The van der Waals surface area contributed by atoms with Crippen LogP contribution in [0, 0.1) is 89.7 Å². The number of alkyl halides is 6. The molecule has 2 aliphatic carbocycles. The van der Waals surface area contributed by atoms with Crippen molar-refractivity contribution in [3.63, 3.8) is 0 Å². The SMILES string of the molecule is CCOC(=O)C[C@H](NC(=O)C(CC(C)C)n1cc(CCN2CC3(CC3)C2)c(C(F)(F)F)cc1=O)c1cc(-c2c(C)cc(C)cc2C)cc(C)c1F.Cc1cc(C)c(-c2cc(C)c(F)c([C@H](CC(=O)O)NC(=O)C(CC(C)C)n3cc(CCN4CC5(CC5)C4)c(C(F)(F)F)cc3=O)c2)c(C)c1. The van der Waals surface area contributed by atoms with Gasteiger partial charge in [0.2, 0.25) is 11.8 Å². The van der Waals surface area contributed by atoms with Crippen molar-refractivity contribution in [2.45, 2.75) is 191 Å². The number of benzene rings is 4. The molecule has 4 atom stereocenters. The first-order chi connectivity index (χ1) is 46.8. The Labute approximate surface area is 579 Å². The highest BCUT2D eigenvalue weighted by Crippen LogP contribution is 2.54. The van der Waals surface area contributed by atoms with Gasteiger partial charge < -0.3 is 39.4 Å². The summed E-state index contributed by atoms with van der Waals surface area (Å²) in [5.74, 6) is -5.05. The van der Waals surface area contributed by atoms with Crippen LogP contribution >= 0.6 is 0 Å². The van der Waals surface area contributed by atoms with Crippen LogP contribution in [0.4, 0.5) is 35.1 Å². The number of likely N-dealkylation sites (tertiary alicyclic amines) is 2. The van der Waals surface area contributed by atoms with Crippen molar-refractivity contribution in [1.82, 2.24) is 29.6 Å². The molecular formula is C78H94F8N6O8. The van der Waals surface area contributed by atoms with Crippen LogP contribution in [0.15, 0.2) is 82.6 Å². The number of hydrogen-bond acceptors (Lipinski definition) is 9. The lowest BCUT2D eigenvalue weighted by Crippen LogP contribution is -2.49. The lowest BCUT2D eigenvalue weighted by Gasteiger charge is -2.40. The van der Waals surface area contributed by atoms with Crippen molar-refractivity contribution in [2.24, 2.45) is 22.7 Å². The van der Waals surface area contributed by atoms with Gasteiger partial charge in [-0.1, -0.05) is 63.1 Å². The molecule has 10 rings (SSSR count). The van der Waals surface area contributed by atoms with E-state index in [0.29, 0.717) is 52.7 Å². The minimum atomic E-state index is -4.77. The molecule has 0 radical (unpaired) electrons. The van der Waals surface area contributed by atoms with Crippen LogP contribution < -0.4 is 21.8 Å². The van der Waals surface area contributed by atoms with Crippen LogP contribution in [-0.2, 0) is 49.1 Å². The van der Waals surface area contributed by atoms with Crippen LogP contribution in [0.25, 0.3) is 22.3 Å². The number of rotatable bonds is 25. The van der Waals surface area contributed by atoms with Crippen molar-refractivity contribution in [3.05, 3.63) is 183 Å². The molecule has 2 saturated carbocycles. The molecule has 14 nitrogen and oxygen atoms in total. The largest absolute Gasteiger partial charge is 0.481 e. The van der Waals surface area contributed by atoms with E-state index in [0.717, 1.165) is 112 Å². The molecule has 0 bridgehead atoms. The minimum absolute atomic E-state index is 0.0307. The first-order valence-electron chi connectivity index (χ1n) is 34.6. The standard InChI is InChI=1S/C40H49F4N3O4.C38H45F4N3O4/c1-8-51-35(49)19-32(30-17-29(16-27(7)37(30)41)36-25(5)14-24(4)15-26(36)6)45-38(50)33(13-23(2)3)47-20-28(31(18-34(47)48)40(42,43)44)9-12-46-21-39(22-46)10-11-39;1-21(2)11-31(45-18-26(29(16-32(45)46)38(40,41)42)7-10-44-19-37(20-44)8-9-37)36(49)43-30(17-33(47)48)28-15-27(14-25(6)35(28)39)34-23(4)12-22(3)13-24(34)5/h14-18,20,23,32-33H,8-13,19,21-22H2,1-7H3,(H,45,50);12-16,18,21,30-31H,7-11,17,19-20H2,1-6H3,(H,43,49)(H,47,48)/t32-,33?;30-,31?/m00/s1. The molecule has 2 spiro atoms. The lowest BCUT2D eigenvalue weighted by atomic mass is 9.89. The number of aryl methyl sites for hydroxylation is 8. The van der Waals surface area contributed by atoms with Gasteiger partial charge in [0, 0.05) is 74.9 Å². The molecule has 4 heterocycles. The molecule has 2 saturated heterocycles. The molecule has 100 heavy (non-hydrogen) atoms. The number of amides is 2. The van der Waals surface area contributed by atoms with Gasteiger partial charge in [-0.25, -0.2) is 8.78 Å². The maximum Gasteiger partial charge on any atom is 0.416 e. The average Bonchev–Trinajstić information content (AvgIpc) is 1.39. The second-order valence-electron chi connectivity index (χ2n) is 29.8. The average molecular weight is 1400 g/mol. The fourth-order valence-corrected chi connectivity index (χ4v) is 15.1. The van der Waals surface area contributed by atoms with Crippen LogP contribution in [0.1, 0.15) is 188 Å². The predicted octanol–water partition coefficient (Wildman–Crippen LogP) is 15.4. The monoisotopic (exact) mass is 1390 g/mol. The van der Waals surface area contributed by atoms with Crippen molar-refractivity contribution in [1.29, 1.82) is 0 Å². The van der Waals surface area contributed by atoms with Gasteiger partial charge in [-0.05, 0) is 227 Å². The van der Waals surface area contributed by atoms with Gasteiger partial charge in [0.15, 0.2) is 0 Å². The van der Waals surface area contributed by atoms with Crippen LogP contribution in [0.2, 0.25) is 0 Å². The molecule has 2 aromatic heterocycles. The fourth-order valence-electron chi connectivity index (χ4n) is 15.1. The number of aromatic nitrogens is 2. The Kier molecular flexibility index (Phi) is 23.1.